The van der Waals surface area contributed by atoms with Crippen molar-refractivity contribution in [3.63, 3.8) is 0 Å². The Morgan fingerprint density at radius 2 is 1.02 bits per heavy atom. The quantitative estimate of drug-likeness (QED) is 0.213. The fourth-order valence-corrected chi connectivity index (χ4v) is 5.27. The number of aliphatic hydroxyl groups is 2. The van der Waals surface area contributed by atoms with Crippen LogP contribution in [0, 0.1) is 0 Å². The Bertz CT molecular complexity index is 1330. The third kappa shape index (κ3) is 10.3. The molecule has 4 aromatic rings. The molecule has 0 unspecified atom stereocenters. The molecule has 2 fully saturated rings. The third-order valence-electron chi connectivity index (χ3n) is 6.85. The Hall–Kier alpha value is -2.71. The first-order chi connectivity index (χ1) is 19.9. The number of hydrogen-bond acceptors (Lipinski definition) is 6. The molecule has 2 aromatic carbocycles. The van der Waals surface area contributed by atoms with E-state index in [2.05, 4.69) is 38.4 Å². The molecule has 2 aliphatic rings. The van der Waals surface area contributed by atoms with E-state index in [4.69, 9.17) is 39.9 Å². The van der Waals surface area contributed by atoms with Gasteiger partial charge in [-0.15, -0.1) is 0 Å². The largest absolute Gasteiger partial charge is 0.393 e. The molecule has 3 N–H and O–H groups in total. The van der Waals surface area contributed by atoms with Crippen molar-refractivity contribution in [2.75, 3.05) is 31.1 Å². The van der Waals surface area contributed by atoms with Gasteiger partial charge in [-0.2, -0.15) is 0 Å². The Labute approximate surface area is 256 Å². The van der Waals surface area contributed by atoms with Crippen LogP contribution < -0.4 is 10.2 Å². The number of nitrogens with one attached hydrogen (secondary N) is 1. The molecule has 0 atom stereocenters. The molecule has 2 aliphatic heterocycles. The van der Waals surface area contributed by atoms with Gasteiger partial charge >= 0.3 is 0 Å². The summed E-state index contributed by atoms with van der Waals surface area (Å²) < 4.78 is 0. The Balaban J connectivity index is 0.000000159. The second kappa shape index (κ2) is 16.1. The first kappa shape index (κ1) is 31.2. The number of rotatable bonds is 3. The zero-order valence-corrected chi connectivity index (χ0v) is 25.0. The minimum absolute atomic E-state index is 0.0266. The monoisotopic (exact) mass is 612 g/mol. The van der Waals surface area contributed by atoms with Gasteiger partial charge in [-0.25, -0.2) is 9.97 Å². The van der Waals surface area contributed by atoms with Crippen molar-refractivity contribution in [3.05, 3.63) is 100 Å². The molecule has 216 valence electrons. The maximum Gasteiger partial charge on any atom is 0.132 e. The highest BCUT2D eigenvalue weighted by Crippen LogP contribution is 2.28. The zero-order chi connectivity index (χ0) is 29.0. The number of halogens is 3. The minimum Gasteiger partial charge on any atom is -0.393 e. The molecular formula is C32H35Cl3N4O2. The van der Waals surface area contributed by atoms with Crippen molar-refractivity contribution in [1.82, 2.24) is 15.3 Å². The Morgan fingerprint density at radius 3 is 1.49 bits per heavy atom. The van der Waals surface area contributed by atoms with Crippen molar-refractivity contribution in [2.45, 2.75) is 37.9 Å². The van der Waals surface area contributed by atoms with Gasteiger partial charge in [-0.1, -0.05) is 95.5 Å². The summed E-state index contributed by atoms with van der Waals surface area (Å²) in [5.74, 6) is 0.892. The van der Waals surface area contributed by atoms with Gasteiger partial charge in [0.15, 0.2) is 0 Å². The average Bonchev–Trinajstić information content (AvgIpc) is 2.99. The highest BCUT2D eigenvalue weighted by molar-refractivity contribution is 6.32. The van der Waals surface area contributed by atoms with Gasteiger partial charge in [0.05, 0.1) is 12.2 Å². The van der Waals surface area contributed by atoms with Crippen LogP contribution in [0.4, 0.5) is 5.82 Å². The lowest BCUT2D eigenvalue weighted by Crippen LogP contribution is -2.36. The maximum atomic E-state index is 9.59. The van der Waals surface area contributed by atoms with Gasteiger partial charge in [0.2, 0.25) is 0 Å². The highest BCUT2D eigenvalue weighted by atomic mass is 35.5. The van der Waals surface area contributed by atoms with Gasteiger partial charge in [-0.3, -0.25) is 0 Å². The number of anilines is 1. The van der Waals surface area contributed by atoms with Crippen molar-refractivity contribution < 1.29 is 10.2 Å². The van der Waals surface area contributed by atoms with E-state index in [1.165, 1.54) is 0 Å². The lowest BCUT2D eigenvalue weighted by molar-refractivity contribution is 0.137. The Morgan fingerprint density at radius 1 is 0.585 bits per heavy atom. The summed E-state index contributed by atoms with van der Waals surface area (Å²) in [6, 6.07) is 27.6. The van der Waals surface area contributed by atoms with Crippen LogP contribution in [0.2, 0.25) is 15.5 Å². The van der Waals surface area contributed by atoms with Crippen LogP contribution in [0.15, 0.2) is 84.9 Å². The fraction of sp³-hybridized carbons (Fsp3) is 0.312. The molecule has 0 radical (unpaired) electrons. The van der Waals surface area contributed by atoms with Crippen LogP contribution >= 0.6 is 34.8 Å². The minimum atomic E-state index is -0.181. The molecule has 2 aromatic heterocycles. The van der Waals surface area contributed by atoms with Crippen LogP contribution in [0.25, 0.3) is 22.3 Å². The maximum absolute atomic E-state index is 9.59. The summed E-state index contributed by atoms with van der Waals surface area (Å²) in [6.07, 6.45) is 3.23. The predicted molar refractivity (Wildman–Crippen MR) is 170 cm³/mol. The van der Waals surface area contributed by atoms with Crippen molar-refractivity contribution in [2.24, 2.45) is 0 Å². The van der Waals surface area contributed by atoms with Crippen LogP contribution in [-0.4, -0.2) is 58.6 Å². The van der Waals surface area contributed by atoms with E-state index in [0.717, 1.165) is 79.9 Å². The second-order valence-electron chi connectivity index (χ2n) is 9.97. The smallest absolute Gasteiger partial charge is 0.132 e. The third-order valence-corrected chi connectivity index (χ3v) is 7.44. The number of benzene rings is 2. The SMILES string of the molecule is Clc1cc(-c2ccccc2)cc(Cl)n1.OC1CCN(c2cc(-c3ccccc3)cc(Cl)n2)CC1.OC1CCNCC1. The van der Waals surface area contributed by atoms with Crippen LogP contribution in [-0.2, 0) is 0 Å². The van der Waals surface area contributed by atoms with E-state index in [1.54, 1.807) is 12.1 Å². The van der Waals surface area contributed by atoms with Crippen LogP contribution in [0.3, 0.4) is 0 Å². The lowest BCUT2D eigenvalue weighted by atomic mass is 10.1. The topological polar surface area (TPSA) is 81.5 Å². The molecule has 0 amide bonds. The normalized spacial score (nSPS) is 15.8. The zero-order valence-electron chi connectivity index (χ0n) is 22.8. The first-order valence-corrected chi connectivity index (χ1v) is 14.9. The number of aliphatic hydroxyl groups excluding tert-OH is 2. The van der Waals surface area contributed by atoms with E-state index in [-0.39, 0.29) is 12.2 Å². The summed E-state index contributed by atoms with van der Waals surface area (Å²) in [6.45, 7) is 3.62. The van der Waals surface area contributed by atoms with Crippen molar-refractivity contribution >= 4 is 40.6 Å². The van der Waals surface area contributed by atoms with Crippen LogP contribution in [0.5, 0.6) is 0 Å². The van der Waals surface area contributed by atoms with E-state index in [0.29, 0.717) is 15.5 Å². The average molecular weight is 614 g/mol. The summed E-state index contributed by atoms with van der Waals surface area (Å²) >= 11 is 17.8. The van der Waals surface area contributed by atoms with Gasteiger partial charge in [-0.05, 0) is 85.3 Å². The molecule has 0 saturated carbocycles. The summed E-state index contributed by atoms with van der Waals surface area (Å²) in [5, 5.41) is 22.9. The van der Waals surface area contributed by atoms with Crippen molar-refractivity contribution in [3.8, 4) is 22.3 Å². The summed E-state index contributed by atoms with van der Waals surface area (Å²) in [4.78, 5) is 10.5. The molecule has 6 rings (SSSR count). The van der Waals surface area contributed by atoms with E-state index in [9.17, 15) is 5.11 Å². The number of aromatic nitrogens is 2. The molecule has 0 aliphatic carbocycles. The summed E-state index contributed by atoms with van der Waals surface area (Å²) in [5.41, 5.74) is 4.27. The molecule has 6 nitrogen and oxygen atoms in total. The highest BCUT2D eigenvalue weighted by Gasteiger charge is 2.19. The van der Waals surface area contributed by atoms with E-state index in [1.807, 2.05) is 54.6 Å². The predicted octanol–water partition coefficient (Wildman–Crippen LogP) is 7.15. The van der Waals surface area contributed by atoms with Gasteiger partial charge < -0.3 is 20.4 Å². The number of piperidine rings is 2. The van der Waals surface area contributed by atoms with Gasteiger partial charge in [0, 0.05) is 13.1 Å². The molecule has 0 spiro atoms. The van der Waals surface area contributed by atoms with E-state index >= 15 is 0 Å². The van der Waals surface area contributed by atoms with Crippen molar-refractivity contribution in [1.29, 1.82) is 0 Å². The molecule has 41 heavy (non-hydrogen) atoms. The lowest BCUT2D eigenvalue weighted by Gasteiger charge is -2.30. The second-order valence-corrected chi connectivity index (χ2v) is 11.1. The molecule has 4 heterocycles. The number of hydrogen-bond donors (Lipinski definition) is 3. The fourth-order valence-electron chi connectivity index (χ4n) is 4.61. The van der Waals surface area contributed by atoms with Gasteiger partial charge in [0.1, 0.15) is 21.3 Å². The van der Waals surface area contributed by atoms with E-state index < -0.39 is 0 Å². The molecular weight excluding hydrogens is 579 g/mol. The number of nitrogens with zero attached hydrogens (tertiary/aromatic N) is 3. The van der Waals surface area contributed by atoms with Gasteiger partial charge in [0.25, 0.3) is 0 Å². The number of pyridine rings is 2. The van der Waals surface area contributed by atoms with Crippen LogP contribution in [0.1, 0.15) is 25.7 Å². The molecule has 9 heteroatoms. The molecule has 2 saturated heterocycles. The Kier molecular flexibility index (Phi) is 12.2. The summed E-state index contributed by atoms with van der Waals surface area (Å²) in [7, 11) is 0. The standard InChI is InChI=1S/C16H17ClN2O.C11H7Cl2N.C5H11NO/c17-15-10-13(12-4-2-1-3-5-12)11-16(18-15)19-8-6-14(20)7-9-19;12-10-6-9(7-11(13)14-10)8-4-2-1-3-5-8;7-5-1-3-6-4-2-5/h1-5,10-11,14,20H,6-9H2;1-7H;5-7H,1-4H2. The first-order valence-electron chi connectivity index (χ1n) is 13.8. The molecule has 0 bridgehead atoms.